The van der Waals surface area contributed by atoms with Crippen molar-refractivity contribution in [3.05, 3.63) is 70.4 Å². The number of carbonyl (C=O) groups excluding carboxylic acids is 1. The zero-order chi connectivity index (χ0) is 18.5. The van der Waals surface area contributed by atoms with E-state index in [1.54, 1.807) is 0 Å². The topological polar surface area (TPSA) is 41.1 Å². The lowest BCUT2D eigenvalue weighted by atomic mass is 9.96. The van der Waals surface area contributed by atoms with Crippen LogP contribution in [0.25, 0.3) is 0 Å². The number of nitrogens with one attached hydrogen (secondary N) is 2. The number of halogens is 1. The van der Waals surface area contributed by atoms with E-state index in [0.717, 1.165) is 41.9 Å². The smallest absolute Gasteiger partial charge is 0.160 e. The van der Waals surface area contributed by atoms with Crippen LogP contribution in [0.3, 0.4) is 0 Å². The molecule has 0 saturated carbocycles. The Morgan fingerprint density at radius 3 is 2.65 bits per heavy atom. The van der Waals surface area contributed by atoms with Gasteiger partial charge in [0.05, 0.1) is 10.7 Å². The first-order chi connectivity index (χ1) is 12.5. The minimum absolute atomic E-state index is 0.223. The number of Topliss-reactive ketones (excluding diaryl/α,β-unsaturated/α-hetero) is 1. The Hall–Kier alpha value is -2.26. The minimum atomic E-state index is 0.223. The summed E-state index contributed by atoms with van der Waals surface area (Å²) in [5, 5.41) is 7.57. The van der Waals surface area contributed by atoms with Crippen molar-refractivity contribution in [3.8, 4) is 0 Å². The predicted octanol–water partition coefficient (Wildman–Crippen LogP) is 5.82. The fourth-order valence-electron chi connectivity index (χ4n) is 3.30. The normalized spacial score (nSPS) is 15.7. The van der Waals surface area contributed by atoms with Crippen LogP contribution >= 0.6 is 11.6 Å². The molecule has 0 bridgehead atoms. The number of benzene rings is 2. The second-order valence-electron chi connectivity index (χ2n) is 6.94. The summed E-state index contributed by atoms with van der Waals surface area (Å²) in [6, 6.07) is 16.6. The van der Waals surface area contributed by atoms with Crippen LogP contribution in [0, 0.1) is 0 Å². The molecular weight excluding hydrogens is 344 g/mol. The molecule has 3 nitrogen and oxygen atoms in total. The van der Waals surface area contributed by atoms with Gasteiger partial charge in [-0.3, -0.25) is 4.79 Å². The van der Waals surface area contributed by atoms with E-state index in [-0.39, 0.29) is 5.78 Å². The van der Waals surface area contributed by atoms with Crippen molar-refractivity contribution < 1.29 is 4.79 Å². The molecule has 0 saturated heterocycles. The summed E-state index contributed by atoms with van der Waals surface area (Å²) >= 11 is 6.37. The van der Waals surface area contributed by atoms with Gasteiger partial charge in [-0.05, 0) is 56.9 Å². The maximum absolute atomic E-state index is 11.9. The number of hydrogen-bond acceptors (Lipinski definition) is 3. The van der Waals surface area contributed by atoms with Crippen LogP contribution in [0.5, 0.6) is 0 Å². The summed E-state index contributed by atoms with van der Waals surface area (Å²) in [7, 11) is 0. The molecule has 1 unspecified atom stereocenters. The molecule has 0 spiro atoms. The van der Waals surface area contributed by atoms with Gasteiger partial charge in [-0.2, -0.15) is 0 Å². The Kier molecular flexibility index (Phi) is 6.00. The molecule has 0 radical (unpaired) electrons. The van der Waals surface area contributed by atoms with E-state index < -0.39 is 0 Å². The Balaban J connectivity index is 1.71. The van der Waals surface area contributed by atoms with E-state index in [2.05, 4.69) is 41.8 Å². The van der Waals surface area contributed by atoms with E-state index in [1.165, 1.54) is 5.56 Å². The van der Waals surface area contributed by atoms with Gasteiger partial charge in [0.15, 0.2) is 5.78 Å². The highest BCUT2D eigenvalue weighted by Gasteiger charge is 2.17. The predicted molar refractivity (Wildman–Crippen MR) is 110 cm³/mol. The largest absolute Gasteiger partial charge is 0.382 e. The van der Waals surface area contributed by atoms with Crippen LogP contribution in [0.2, 0.25) is 5.02 Å². The maximum atomic E-state index is 11.9. The number of carbonyl (C=O) groups is 1. The van der Waals surface area contributed by atoms with Crippen molar-refractivity contribution >= 4 is 28.8 Å². The van der Waals surface area contributed by atoms with Crippen molar-refractivity contribution in [2.75, 3.05) is 10.6 Å². The molecule has 1 aliphatic rings. The highest BCUT2D eigenvalue weighted by molar-refractivity contribution is 6.33. The zero-order valence-corrected chi connectivity index (χ0v) is 16.1. The second-order valence-corrected chi connectivity index (χ2v) is 7.34. The lowest BCUT2D eigenvalue weighted by molar-refractivity contribution is -0.116. The molecule has 0 aliphatic heterocycles. The summed E-state index contributed by atoms with van der Waals surface area (Å²) in [6.45, 7) is 4.06. The second kappa shape index (κ2) is 8.41. The summed E-state index contributed by atoms with van der Waals surface area (Å²) in [6.07, 6.45) is 3.37. The third-order valence-corrected chi connectivity index (χ3v) is 5.08. The highest BCUT2D eigenvalue weighted by atomic mass is 35.5. The molecule has 0 aromatic heterocycles. The van der Waals surface area contributed by atoms with Gasteiger partial charge in [0.25, 0.3) is 0 Å². The molecule has 2 N–H and O–H groups in total. The monoisotopic (exact) mass is 368 g/mol. The Labute approximate surface area is 160 Å². The average molecular weight is 369 g/mol. The lowest BCUT2D eigenvalue weighted by Gasteiger charge is -2.21. The molecule has 2 aromatic rings. The van der Waals surface area contributed by atoms with Crippen molar-refractivity contribution in [2.45, 2.75) is 45.6 Å². The molecule has 4 heteroatoms. The maximum Gasteiger partial charge on any atom is 0.160 e. The van der Waals surface area contributed by atoms with Crippen molar-refractivity contribution in [3.63, 3.8) is 0 Å². The van der Waals surface area contributed by atoms with Gasteiger partial charge >= 0.3 is 0 Å². The Morgan fingerprint density at radius 2 is 1.88 bits per heavy atom. The molecule has 2 aromatic carbocycles. The van der Waals surface area contributed by atoms with Crippen LogP contribution in [-0.4, -0.2) is 11.8 Å². The number of allylic oxidation sites excluding steroid dienone is 2. The number of ketones is 1. The number of anilines is 2. The van der Waals surface area contributed by atoms with Gasteiger partial charge in [0, 0.05) is 29.4 Å². The van der Waals surface area contributed by atoms with Gasteiger partial charge in [-0.15, -0.1) is 0 Å². The molecule has 3 rings (SSSR count). The highest BCUT2D eigenvalue weighted by Crippen LogP contribution is 2.30. The van der Waals surface area contributed by atoms with Crippen molar-refractivity contribution in [1.82, 2.24) is 0 Å². The summed E-state index contributed by atoms with van der Waals surface area (Å²) in [4.78, 5) is 11.9. The standard InChI is InChI=1S/C22H25ClN2O/c1-15(13-17-7-4-3-5-8-17)24-18-11-12-19(23)21(14-18)25-20-9-6-10-22(26)16(20)2/h3-5,7-8,11-12,14-15,24-25H,6,9-10,13H2,1-2H3. The van der Waals surface area contributed by atoms with Gasteiger partial charge in [0.1, 0.15) is 0 Å². The van der Waals surface area contributed by atoms with E-state index in [9.17, 15) is 4.79 Å². The molecule has 1 atom stereocenters. The molecule has 0 fully saturated rings. The molecule has 1 aliphatic carbocycles. The first kappa shape index (κ1) is 18.5. The fraction of sp³-hybridized carbons (Fsp3) is 0.318. The number of hydrogen-bond donors (Lipinski definition) is 2. The first-order valence-electron chi connectivity index (χ1n) is 9.13. The molecule has 136 valence electrons. The van der Waals surface area contributed by atoms with Gasteiger partial charge in [0.2, 0.25) is 0 Å². The van der Waals surface area contributed by atoms with Crippen LogP contribution < -0.4 is 10.6 Å². The average Bonchev–Trinajstić information content (AvgIpc) is 2.62. The van der Waals surface area contributed by atoms with Gasteiger partial charge in [-0.1, -0.05) is 41.9 Å². The quantitative estimate of drug-likeness (QED) is 0.674. The third-order valence-electron chi connectivity index (χ3n) is 4.75. The van der Waals surface area contributed by atoms with Gasteiger partial charge < -0.3 is 10.6 Å². The first-order valence-corrected chi connectivity index (χ1v) is 9.50. The van der Waals surface area contributed by atoms with Gasteiger partial charge in [-0.25, -0.2) is 0 Å². The summed E-state index contributed by atoms with van der Waals surface area (Å²) < 4.78 is 0. The molecule has 0 heterocycles. The fourth-order valence-corrected chi connectivity index (χ4v) is 3.47. The van der Waals surface area contributed by atoms with Crippen molar-refractivity contribution in [1.29, 1.82) is 0 Å². The Morgan fingerprint density at radius 1 is 1.12 bits per heavy atom. The molecular formula is C22H25ClN2O. The van der Waals surface area contributed by atoms with Crippen LogP contribution in [0.1, 0.15) is 38.7 Å². The van der Waals surface area contributed by atoms with E-state index in [1.807, 2.05) is 31.2 Å². The third kappa shape index (κ3) is 4.67. The SMILES string of the molecule is CC1=C(Nc2cc(NC(C)Cc3ccccc3)ccc2Cl)CCCC1=O. The summed E-state index contributed by atoms with van der Waals surface area (Å²) in [5.41, 5.74) is 4.97. The summed E-state index contributed by atoms with van der Waals surface area (Å²) in [5.74, 6) is 0.223. The van der Waals surface area contributed by atoms with Crippen LogP contribution in [0.4, 0.5) is 11.4 Å². The lowest BCUT2D eigenvalue weighted by Crippen LogP contribution is -2.18. The van der Waals surface area contributed by atoms with Crippen molar-refractivity contribution in [2.24, 2.45) is 0 Å². The number of rotatable bonds is 6. The Bertz CT molecular complexity index is 814. The van der Waals surface area contributed by atoms with Crippen LogP contribution in [0.15, 0.2) is 59.8 Å². The minimum Gasteiger partial charge on any atom is -0.382 e. The van der Waals surface area contributed by atoms with E-state index in [0.29, 0.717) is 17.5 Å². The van der Waals surface area contributed by atoms with E-state index in [4.69, 9.17) is 11.6 Å². The zero-order valence-electron chi connectivity index (χ0n) is 15.3. The molecule has 26 heavy (non-hydrogen) atoms. The van der Waals surface area contributed by atoms with E-state index >= 15 is 0 Å². The molecule has 0 amide bonds. The van der Waals surface area contributed by atoms with Crippen LogP contribution in [-0.2, 0) is 11.2 Å².